The zero-order valence-electron chi connectivity index (χ0n) is 14.4. The summed E-state index contributed by atoms with van der Waals surface area (Å²) in [7, 11) is 0. The van der Waals surface area contributed by atoms with E-state index in [0.717, 1.165) is 22.8 Å². The van der Waals surface area contributed by atoms with Crippen molar-refractivity contribution in [1.82, 2.24) is 5.32 Å². The molecule has 0 unspecified atom stereocenters. The summed E-state index contributed by atoms with van der Waals surface area (Å²) in [6, 6.07) is 14.4. The fraction of sp³-hybridized carbons (Fsp3) is 0.476. The number of amides is 1. The predicted octanol–water partition coefficient (Wildman–Crippen LogP) is 5.03. The van der Waals surface area contributed by atoms with Gasteiger partial charge in [-0.25, -0.2) is 0 Å². The molecular weight excluding hydrogens is 282 g/mol. The number of hydrogen-bond donors (Lipinski definition) is 1. The van der Waals surface area contributed by atoms with E-state index in [1.54, 1.807) is 0 Å². The lowest BCUT2D eigenvalue weighted by molar-refractivity contribution is 0.0869. The Morgan fingerprint density at radius 1 is 1.09 bits per heavy atom. The van der Waals surface area contributed by atoms with E-state index < -0.39 is 0 Å². The van der Waals surface area contributed by atoms with E-state index in [1.165, 1.54) is 12.8 Å². The summed E-state index contributed by atoms with van der Waals surface area (Å²) in [5.41, 5.74) is 0.795. The van der Waals surface area contributed by atoms with Crippen molar-refractivity contribution in [3.05, 3.63) is 48.0 Å². The third-order valence-corrected chi connectivity index (χ3v) is 5.37. The van der Waals surface area contributed by atoms with Crippen molar-refractivity contribution >= 4 is 16.7 Å². The molecule has 1 amide bonds. The summed E-state index contributed by atoms with van der Waals surface area (Å²) >= 11 is 0. The maximum atomic E-state index is 12.9. The van der Waals surface area contributed by atoms with Gasteiger partial charge in [0.2, 0.25) is 0 Å². The number of rotatable bonds is 3. The SMILES string of the molecule is CC(C)[C@H]1CC[C@H](C)C[C@H]1NC(=O)c1cccc2ccccc12. The molecule has 2 nitrogen and oxygen atoms in total. The van der Waals surface area contributed by atoms with E-state index in [1.807, 2.05) is 30.3 Å². The van der Waals surface area contributed by atoms with Crippen LogP contribution < -0.4 is 5.32 Å². The standard InChI is InChI=1S/C21H27NO/c1-14(2)17-12-11-15(3)13-20(17)22-21(23)19-10-6-8-16-7-4-5-9-18(16)19/h4-10,14-15,17,20H,11-13H2,1-3H3,(H,22,23)/t15-,17+,20+/m0/s1. The number of carbonyl (C=O) groups is 1. The fourth-order valence-corrected chi connectivity index (χ4v) is 4.04. The van der Waals surface area contributed by atoms with Crippen LogP contribution in [0.1, 0.15) is 50.4 Å². The molecular formula is C21H27NO. The normalized spacial score (nSPS) is 24.8. The highest BCUT2D eigenvalue weighted by Crippen LogP contribution is 2.33. The smallest absolute Gasteiger partial charge is 0.252 e. The van der Waals surface area contributed by atoms with Crippen LogP contribution in [0.4, 0.5) is 0 Å². The Morgan fingerprint density at radius 3 is 2.61 bits per heavy atom. The first-order valence-corrected chi connectivity index (χ1v) is 8.85. The summed E-state index contributed by atoms with van der Waals surface area (Å²) in [4.78, 5) is 12.9. The molecule has 1 N–H and O–H groups in total. The molecule has 1 aliphatic rings. The molecule has 0 spiro atoms. The van der Waals surface area contributed by atoms with Crippen LogP contribution in [0.5, 0.6) is 0 Å². The summed E-state index contributed by atoms with van der Waals surface area (Å²) < 4.78 is 0. The van der Waals surface area contributed by atoms with E-state index in [0.29, 0.717) is 23.8 Å². The van der Waals surface area contributed by atoms with Gasteiger partial charge >= 0.3 is 0 Å². The zero-order valence-corrected chi connectivity index (χ0v) is 14.4. The molecule has 2 aromatic rings. The van der Waals surface area contributed by atoms with Crippen LogP contribution in [0.3, 0.4) is 0 Å². The van der Waals surface area contributed by atoms with E-state index in [4.69, 9.17) is 0 Å². The molecule has 0 aromatic heterocycles. The Labute approximate surface area is 139 Å². The van der Waals surface area contributed by atoms with Gasteiger partial charge in [0, 0.05) is 11.6 Å². The van der Waals surface area contributed by atoms with Gasteiger partial charge in [0.15, 0.2) is 0 Å². The molecule has 0 radical (unpaired) electrons. The first kappa shape index (κ1) is 16.0. The summed E-state index contributed by atoms with van der Waals surface area (Å²) in [6.07, 6.45) is 3.60. The van der Waals surface area contributed by atoms with Crippen LogP contribution >= 0.6 is 0 Å². The molecule has 0 aliphatic heterocycles. The predicted molar refractivity (Wildman–Crippen MR) is 96.5 cm³/mol. The largest absolute Gasteiger partial charge is 0.349 e. The van der Waals surface area contributed by atoms with Gasteiger partial charge in [-0.15, -0.1) is 0 Å². The van der Waals surface area contributed by atoms with Crippen molar-refractivity contribution in [2.24, 2.45) is 17.8 Å². The lowest BCUT2D eigenvalue weighted by Gasteiger charge is -2.37. The Balaban J connectivity index is 1.84. The van der Waals surface area contributed by atoms with Gasteiger partial charge in [0.1, 0.15) is 0 Å². The molecule has 3 atom stereocenters. The minimum atomic E-state index is 0.0755. The van der Waals surface area contributed by atoms with Crippen molar-refractivity contribution in [1.29, 1.82) is 0 Å². The van der Waals surface area contributed by atoms with Crippen molar-refractivity contribution in [3.8, 4) is 0 Å². The first-order chi connectivity index (χ1) is 11.1. The van der Waals surface area contributed by atoms with Crippen LogP contribution in [0.2, 0.25) is 0 Å². The molecule has 0 bridgehead atoms. The highest BCUT2D eigenvalue weighted by Gasteiger charge is 2.32. The van der Waals surface area contributed by atoms with Gasteiger partial charge in [-0.2, -0.15) is 0 Å². The summed E-state index contributed by atoms with van der Waals surface area (Å²) in [5, 5.41) is 5.51. The Bertz CT molecular complexity index is 686. The number of nitrogens with one attached hydrogen (secondary N) is 1. The molecule has 2 heteroatoms. The van der Waals surface area contributed by atoms with E-state index >= 15 is 0 Å². The molecule has 1 fully saturated rings. The molecule has 23 heavy (non-hydrogen) atoms. The van der Waals surface area contributed by atoms with Gasteiger partial charge in [-0.1, -0.05) is 63.6 Å². The molecule has 122 valence electrons. The molecule has 0 saturated heterocycles. The van der Waals surface area contributed by atoms with Crippen LogP contribution in [0.25, 0.3) is 10.8 Å². The highest BCUT2D eigenvalue weighted by atomic mass is 16.1. The van der Waals surface area contributed by atoms with Gasteiger partial charge in [0.25, 0.3) is 5.91 Å². The van der Waals surface area contributed by atoms with Crippen molar-refractivity contribution in [3.63, 3.8) is 0 Å². The quantitative estimate of drug-likeness (QED) is 0.846. The number of hydrogen-bond acceptors (Lipinski definition) is 1. The Hall–Kier alpha value is -1.83. The Morgan fingerprint density at radius 2 is 1.83 bits per heavy atom. The first-order valence-electron chi connectivity index (χ1n) is 8.85. The lowest BCUT2D eigenvalue weighted by atomic mass is 9.74. The maximum absolute atomic E-state index is 12.9. The summed E-state index contributed by atoms with van der Waals surface area (Å²) in [6.45, 7) is 6.85. The number of fused-ring (bicyclic) bond motifs is 1. The third kappa shape index (κ3) is 3.41. The minimum Gasteiger partial charge on any atom is -0.349 e. The summed E-state index contributed by atoms with van der Waals surface area (Å²) in [5.74, 6) is 1.97. The lowest BCUT2D eigenvalue weighted by Crippen LogP contribution is -2.45. The average Bonchev–Trinajstić information content (AvgIpc) is 2.54. The van der Waals surface area contributed by atoms with E-state index in [-0.39, 0.29) is 5.91 Å². The van der Waals surface area contributed by atoms with Gasteiger partial charge < -0.3 is 5.32 Å². The van der Waals surface area contributed by atoms with E-state index in [2.05, 4.69) is 38.2 Å². The van der Waals surface area contributed by atoms with Gasteiger partial charge in [-0.05, 0) is 47.4 Å². The third-order valence-electron chi connectivity index (χ3n) is 5.37. The van der Waals surface area contributed by atoms with Crippen molar-refractivity contribution in [2.75, 3.05) is 0 Å². The monoisotopic (exact) mass is 309 g/mol. The fourth-order valence-electron chi connectivity index (χ4n) is 4.04. The van der Waals surface area contributed by atoms with Gasteiger partial charge in [0.05, 0.1) is 0 Å². The zero-order chi connectivity index (χ0) is 16.4. The molecule has 3 rings (SSSR count). The second-order valence-corrected chi connectivity index (χ2v) is 7.43. The minimum absolute atomic E-state index is 0.0755. The topological polar surface area (TPSA) is 29.1 Å². The molecule has 0 heterocycles. The molecule has 2 aromatic carbocycles. The molecule has 1 saturated carbocycles. The second kappa shape index (κ2) is 6.74. The van der Waals surface area contributed by atoms with Crippen LogP contribution in [0, 0.1) is 17.8 Å². The van der Waals surface area contributed by atoms with Gasteiger partial charge in [-0.3, -0.25) is 4.79 Å². The second-order valence-electron chi connectivity index (χ2n) is 7.43. The number of benzene rings is 2. The molecule has 1 aliphatic carbocycles. The van der Waals surface area contributed by atoms with Crippen LogP contribution in [-0.2, 0) is 0 Å². The van der Waals surface area contributed by atoms with E-state index in [9.17, 15) is 4.79 Å². The van der Waals surface area contributed by atoms with Crippen molar-refractivity contribution in [2.45, 2.75) is 46.1 Å². The Kier molecular flexibility index (Phi) is 4.70. The van der Waals surface area contributed by atoms with Crippen LogP contribution in [0.15, 0.2) is 42.5 Å². The highest BCUT2D eigenvalue weighted by molar-refractivity contribution is 6.07. The van der Waals surface area contributed by atoms with Crippen molar-refractivity contribution < 1.29 is 4.79 Å². The number of carbonyl (C=O) groups excluding carboxylic acids is 1. The maximum Gasteiger partial charge on any atom is 0.252 e. The van der Waals surface area contributed by atoms with Crippen LogP contribution in [-0.4, -0.2) is 11.9 Å². The average molecular weight is 309 g/mol.